The minimum absolute atomic E-state index is 0.0795. The second-order valence-corrected chi connectivity index (χ2v) is 16.7. The van der Waals surface area contributed by atoms with E-state index in [1.165, 1.54) is 30.9 Å². The van der Waals surface area contributed by atoms with Crippen molar-refractivity contribution in [3.8, 4) is 0 Å². The zero-order valence-electron chi connectivity index (χ0n) is 30.2. The highest BCUT2D eigenvalue weighted by Crippen LogP contribution is 2.38. The van der Waals surface area contributed by atoms with Gasteiger partial charge in [-0.15, -0.1) is 23.5 Å². The average molecular weight is 775 g/mol. The molecule has 3 unspecified atom stereocenters. The molecule has 53 heavy (non-hydrogen) atoms. The Morgan fingerprint density at radius 3 is 2.21 bits per heavy atom. The van der Waals surface area contributed by atoms with Crippen molar-refractivity contribution < 1.29 is 48.1 Å². The Morgan fingerprint density at radius 1 is 0.830 bits per heavy atom. The van der Waals surface area contributed by atoms with Crippen LogP contribution in [-0.2, 0) is 49.5 Å². The molecule has 0 saturated carbocycles. The summed E-state index contributed by atoms with van der Waals surface area (Å²) < 4.78 is 9.94. The van der Waals surface area contributed by atoms with Gasteiger partial charge in [0.15, 0.2) is 0 Å². The van der Waals surface area contributed by atoms with Gasteiger partial charge in [0.25, 0.3) is 0 Å². The molecule has 4 saturated heterocycles. The number of ether oxygens (including phenoxy) is 2. The van der Waals surface area contributed by atoms with Gasteiger partial charge >= 0.3 is 17.9 Å². The molecule has 290 valence electrons. The van der Waals surface area contributed by atoms with Gasteiger partial charge in [-0.2, -0.15) is 0 Å². The number of carboxylic acid groups (broad SMARTS) is 1. The van der Waals surface area contributed by atoms with Gasteiger partial charge in [-0.25, -0.2) is 9.59 Å². The number of methoxy groups -OCH3 is 2. The van der Waals surface area contributed by atoms with E-state index >= 15 is 0 Å². The summed E-state index contributed by atoms with van der Waals surface area (Å²) in [5.41, 5.74) is 0.891. The molecule has 0 spiro atoms. The molecule has 0 aromatic heterocycles. The molecule has 3 N–H and O–H groups in total. The lowest BCUT2D eigenvalue weighted by molar-refractivity contribution is -0.156. The minimum Gasteiger partial charge on any atom is -0.480 e. The molecular weight excluding hydrogens is 725 g/mol. The second-order valence-electron chi connectivity index (χ2n) is 14.0. The third kappa shape index (κ3) is 10.3. The summed E-state index contributed by atoms with van der Waals surface area (Å²) in [5.74, 6) is -4.32. The fourth-order valence-electron chi connectivity index (χ4n) is 7.78. The van der Waals surface area contributed by atoms with E-state index in [1.807, 2.05) is 30.3 Å². The molecule has 4 fully saturated rings. The largest absolute Gasteiger partial charge is 0.480 e. The summed E-state index contributed by atoms with van der Waals surface area (Å²) in [6.07, 6.45) is 4.94. The van der Waals surface area contributed by atoms with Gasteiger partial charge in [0.2, 0.25) is 23.6 Å². The van der Waals surface area contributed by atoms with Crippen molar-refractivity contribution in [1.29, 1.82) is 0 Å². The zero-order chi connectivity index (χ0) is 38.1. The van der Waals surface area contributed by atoms with Gasteiger partial charge in [0.05, 0.1) is 36.8 Å². The number of nitrogens with zero attached hydrogens (tertiary/aromatic N) is 2. The van der Waals surface area contributed by atoms with Crippen molar-refractivity contribution in [3.05, 3.63) is 35.9 Å². The Morgan fingerprint density at radius 2 is 1.51 bits per heavy atom. The smallest absolute Gasteiger partial charge is 0.328 e. The normalized spacial score (nSPS) is 27.1. The molecule has 4 aliphatic rings. The Balaban J connectivity index is 1.30. The second kappa shape index (κ2) is 19.0. The first kappa shape index (κ1) is 40.4. The highest BCUT2D eigenvalue weighted by atomic mass is 32.2. The lowest BCUT2D eigenvalue weighted by atomic mass is 9.88. The third-order valence-electron chi connectivity index (χ3n) is 10.6. The lowest BCUT2D eigenvalue weighted by Crippen LogP contribution is -2.57. The molecular formula is C37H50N4O10S2. The van der Waals surface area contributed by atoms with Crippen molar-refractivity contribution in [2.24, 2.45) is 11.8 Å². The Bertz CT molecular complexity index is 1520. The summed E-state index contributed by atoms with van der Waals surface area (Å²) in [4.78, 5) is 95.1. The zero-order valence-corrected chi connectivity index (χ0v) is 31.9. The van der Waals surface area contributed by atoms with E-state index in [1.54, 1.807) is 16.7 Å². The van der Waals surface area contributed by atoms with Crippen molar-refractivity contribution in [2.75, 3.05) is 20.0 Å². The summed E-state index contributed by atoms with van der Waals surface area (Å²) in [6, 6.07) is 6.97. The molecule has 8 atom stereocenters. The van der Waals surface area contributed by atoms with Crippen molar-refractivity contribution in [3.63, 3.8) is 0 Å². The van der Waals surface area contributed by atoms with Crippen LogP contribution in [0.15, 0.2) is 30.3 Å². The van der Waals surface area contributed by atoms with Crippen LogP contribution in [0.2, 0.25) is 0 Å². The number of nitrogens with one attached hydrogen (secondary N) is 2. The number of amides is 4. The molecule has 1 aromatic carbocycles. The number of aliphatic carboxylic acids is 1. The monoisotopic (exact) mass is 774 g/mol. The number of carboxylic acids is 1. The number of benzene rings is 1. The Hall–Kier alpha value is -3.79. The summed E-state index contributed by atoms with van der Waals surface area (Å²) in [7, 11) is 2.55. The van der Waals surface area contributed by atoms with Gasteiger partial charge in [-0.1, -0.05) is 30.3 Å². The fourth-order valence-corrected chi connectivity index (χ4v) is 10.7. The van der Waals surface area contributed by atoms with E-state index in [-0.39, 0.29) is 48.8 Å². The molecule has 16 heteroatoms. The van der Waals surface area contributed by atoms with E-state index in [9.17, 15) is 38.7 Å². The van der Waals surface area contributed by atoms with Crippen LogP contribution < -0.4 is 10.6 Å². The van der Waals surface area contributed by atoms with Crippen LogP contribution in [0.4, 0.5) is 0 Å². The van der Waals surface area contributed by atoms with E-state index < -0.39 is 64.5 Å². The molecule has 0 aliphatic carbocycles. The molecule has 14 nitrogen and oxygen atoms in total. The van der Waals surface area contributed by atoms with E-state index in [0.717, 1.165) is 18.4 Å². The van der Waals surface area contributed by atoms with E-state index in [4.69, 9.17) is 9.47 Å². The first-order valence-corrected chi connectivity index (χ1v) is 20.4. The molecule has 0 bridgehead atoms. The third-order valence-corrected chi connectivity index (χ3v) is 13.4. The number of hydrogen-bond donors (Lipinski definition) is 3. The Labute approximate surface area is 318 Å². The first-order valence-electron chi connectivity index (χ1n) is 18.4. The van der Waals surface area contributed by atoms with Gasteiger partial charge in [-0.05, 0) is 81.9 Å². The number of rotatable bonds is 13. The number of thioether (sulfide) groups is 2. The van der Waals surface area contributed by atoms with Crippen LogP contribution >= 0.6 is 23.5 Å². The summed E-state index contributed by atoms with van der Waals surface area (Å²) in [6.45, 7) is 0. The number of fused-ring (bicyclic) bond motifs is 2. The van der Waals surface area contributed by atoms with Crippen LogP contribution in [0, 0.1) is 11.8 Å². The molecule has 1 aromatic rings. The standard InChI is InChI=1S/C37H50N4O10S2/c1-50-32(43)21-24(34(45)39-28-16-17-29(42)40-26(36(47)48)10-6-13-31(40)53-28)15-14-23(20-22-8-4-3-5-9-22)33(44)38-25-18-19-52-30-12-7-11-27(37(49)51-2)41(30)35(25)46/h3-5,8-9,23-28,30-31H,6-7,10-21H2,1-2H3,(H,38,44)(H,39,45)(H,47,48)/t23-,24-,25+,26?,27+,28?,30+,31?/m1/s1. The van der Waals surface area contributed by atoms with E-state index in [0.29, 0.717) is 50.7 Å². The van der Waals surface area contributed by atoms with Gasteiger partial charge in [0, 0.05) is 18.3 Å². The highest BCUT2D eigenvalue weighted by molar-refractivity contribution is 8.00. The molecule has 4 heterocycles. The van der Waals surface area contributed by atoms with Crippen molar-refractivity contribution >= 4 is 65.1 Å². The van der Waals surface area contributed by atoms with E-state index in [2.05, 4.69) is 10.6 Å². The Kier molecular flexibility index (Phi) is 14.5. The predicted molar refractivity (Wildman–Crippen MR) is 197 cm³/mol. The average Bonchev–Trinajstić information content (AvgIpc) is 3.42. The minimum atomic E-state index is -1.04. The van der Waals surface area contributed by atoms with Gasteiger partial charge in [0.1, 0.15) is 18.1 Å². The van der Waals surface area contributed by atoms with Gasteiger partial charge < -0.3 is 35.0 Å². The van der Waals surface area contributed by atoms with Crippen LogP contribution in [0.1, 0.15) is 82.6 Å². The molecule has 4 aliphatic heterocycles. The number of carbonyl (C=O) groups excluding carboxylic acids is 6. The topological polar surface area (TPSA) is 189 Å². The predicted octanol–water partition coefficient (Wildman–Crippen LogP) is 3.07. The maximum absolute atomic E-state index is 14.1. The maximum Gasteiger partial charge on any atom is 0.328 e. The molecule has 4 amide bonds. The number of hydrogen-bond acceptors (Lipinski definition) is 11. The van der Waals surface area contributed by atoms with Crippen LogP contribution in [0.3, 0.4) is 0 Å². The summed E-state index contributed by atoms with van der Waals surface area (Å²) >= 11 is 2.96. The highest BCUT2D eigenvalue weighted by Gasteiger charge is 2.45. The van der Waals surface area contributed by atoms with Crippen LogP contribution in [0.25, 0.3) is 0 Å². The SMILES string of the molecule is COC(=O)C[C@@H](CC[C@H](Cc1ccccc1)C(=O)N[C@H]1CCS[C@H]2CCC[C@@H](C(=O)OC)N2C1=O)C(=O)NC1CCC(=O)N2C(CCCC2C(=O)O)S1. The quantitative estimate of drug-likeness (QED) is 0.249. The molecule has 5 rings (SSSR count). The maximum atomic E-state index is 14.1. The lowest BCUT2D eigenvalue weighted by Gasteiger charge is -2.40. The summed E-state index contributed by atoms with van der Waals surface area (Å²) in [5, 5.41) is 14.7. The molecule has 0 radical (unpaired) electrons. The van der Waals surface area contributed by atoms with Crippen molar-refractivity contribution in [2.45, 2.75) is 118 Å². The number of piperidine rings is 2. The van der Waals surface area contributed by atoms with Crippen molar-refractivity contribution in [1.82, 2.24) is 20.4 Å². The van der Waals surface area contributed by atoms with Crippen LogP contribution in [0.5, 0.6) is 0 Å². The number of esters is 2. The fraction of sp³-hybridized carbons (Fsp3) is 0.649. The first-order chi connectivity index (χ1) is 25.5. The number of carbonyl (C=O) groups is 7. The van der Waals surface area contributed by atoms with Crippen LogP contribution in [-0.4, -0.2) is 111 Å². The van der Waals surface area contributed by atoms with Gasteiger partial charge in [-0.3, -0.25) is 24.0 Å².